The number of carbonyl (C=O) groups excluding carboxylic acids is 1. The second-order valence-electron chi connectivity index (χ2n) is 6.75. The number of amides is 1. The van der Waals surface area contributed by atoms with E-state index in [9.17, 15) is 4.79 Å². The highest BCUT2D eigenvalue weighted by Gasteiger charge is 2.13. The molecule has 8 heteroatoms. The molecule has 0 radical (unpaired) electrons. The highest BCUT2D eigenvalue weighted by atomic mass is 16.5. The van der Waals surface area contributed by atoms with E-state index in [1.165, 1.54) is 0 Å². The molecule has 2 aromatic heterocycles. The van der Waals surface area contributed by atoms with Gasteiger partial charge in [0, 0.05) is 33.1 Å². The van der Waals surface area contributed by atoms with E-state index in [2.05, 4.69) is 15.5 Å². The van der Waals surface area contributed by atoms with E-state index in [1.54, 1.807) is 26.1 Å². The zero-order chi connectivity index (χ0) is 19.4. The van der Waals surface area contributed by atoms with Crippen molar-refractivity contribution in [2.45, 2.75) is 32.6 Å². The largest absolute Gasteiger partial charge is 0.497 e. The molecule has 0 spiro atoms. The Morgan fingerprint density at radius 3 is 2.78 bits per heavy atom. The Bertz CT molecular complexity index is 950. The van der Waals surface area contributed by atoms with Gasteiger partial charge in [0.1, 0.15) is 11.6 Å². The van der Waals surface area contributed by atoms with Crippen molar-refractivity contribution in [3.05, 3.63) is 24.0 Å². The Kier molecular flexibility index (Phi) is 5.73. The van der Waals surface area contributed by atoms with E-state index in [4.69, 9.17) is 9.72 Å². The summed E-state index contributed by atoms with van der Waals surface area (Å²) in [5.41, 5.74) is 2.48. The smallest absolute Gasteiger partial charge is 0.222 e. The standard InChI is InChI=1S/C19H26N6O2/c1-13-22-23-19-18(20-11-7-5-6-8-17(26)24(2)3)21-15-12-14(27-4)9-10-16(15)25(13)19/h9-10,12H,5-8,11H2,1-4H3,(H,20,21). The molecule has 0 unspecified atom stereocenters. The highest BCUT2D eigenvalue weighted by molar-refractivity contribution is 5.84. The zero-order valence-corrected chi connectivity index (χ0v) is 16.3. The molecule has 27 heavy (non-hydrogen) atoms. The highest BCUT2D eigenvalue weighted by Crippen LogP contribution is 2.25. The van der Waals surface area contributed by atoms with Crippen molar-refractivity contribution in [3.63, 3.8) is 0 Å². The van der Waals surface area contributed by atoms with Gasteiger partial charge in [-0.15, -0.1) is 10.2 Å². The van der Waals surface area contributed by atoms with Crippen molar-refractivity contribution in [1.29, 1.82) is 0 Å². The number of aryl methyl sites for hydroxylation is 1. The van der Waals surface area contributed by atoms with Gasteiger partial charge in [-0.05, 0) is 31.9 Å². The number of anilines is 1. The molecule has 0 atom stereocenters. The lowest BCUT2D eigenvalue weighted by Crippen LogP contribution is -2.21. The van der Waals surface area contributed by atoms with Gasteiger partial charge in [0.05, 0.1) is 18.1 Å². The summed E-state index contributed by atoms with van der Waals surface area (Å²) < 4.78 is 7.32. The van der Waals surface area contributed by atoms with E-state index in [-0.39, 0.29) is 5.91 Å². The topological polar surface area (TPSA) is 84.6 Å². The average Bonchev–Trinajstić information content (AvgIpc) is 3.05. The summed E-state index contributed by atoms with van der Waals surface area (Å²) in [6.07, 6.45) is 3.42. The molecule has 0 aliphatic heterocycles. The Hall–Kier alpha value is -2.90. The molecular weight excluding hydrogens is 344 g/mol. The third-order valence-corrected chi connectivity index (χ3v) is 4.55. The number of nitrogens with one attached hydrogen (secondary N) is 1. The van der Waals surface area contributed by atoms with E-state index >= 15 is 0 Å². The predicted molar refractivity (Wildman–Crippen MR) is 105 cm³/mol. The minimum atomic E-state index is 0.175. The van der Waals surface area contributed by atoms with Crippen LogP contribution in [-0.2, 0) is 4.79 Å². The maximum absolute atomic E-state index is 11.6. The van der Waals surface area contributed by atoms with Crippen LogP contribution in [0.3, 0.4) is 0 Å². The quantitative estimate of drug-likeness (QED) is 0.614. The van der Waals surface area contributed by atoms with Crippen LogP contribution < -0.4 is 10.1 Å². The number of ether oxygens (including phenoxy) is 1. The molecule has 0 aliphatic rings. The first kappa shape index (κ1) is 18.9. The molecule has 8 nitrogen and oxygen atoms in total. The molecule has 0 fully saturated rings. The molecule has 2 heterocycles. The van der Waals surface area contributed by atoms with Crippen molar-refractivity contribution in [1.82, 2.24) is 24.5 Å². The summed E-state index contributed by atoms with van der Waals surface area (Å²) in [7, 11) is 5.22. The van der Waals surface area contributed by atoms with Crippen LogP contribution in [0.2, 0.25) is 0 Å². The van der Waals surface area contributed by atoms with Crippen LogP contribution in [0.1, 0.15) is 31.5 Å². The van der Waals surface area contributed by atoms with Crippen LogP contribution in [0.5, 0.6) is 5.75 Å². The van der Waals surface area contributed by atoms with E-state index < -0.39 is 0 Å². The Morgan fingerprint density at radius 2 is 2.04 bits per heavy atom. The normalized spacial score (nSPS) is 11.1. The number of carbonyl (C=O) groups is 1. The number of aromatic nitrogens is 4. The molecule has 0 bridgehead atoms. The summed E-state index contributed by atoms with van der Waals surface area (Å²) in [5, 5.41) is 11.8. The second kappa shape index (κ2) is 8.20. The maximum atomic E-state index is 11.6. The summed E-state index contributed by atoms with van der Waals surface area (Å²) in [4.78, 5) is 17.9. The first-order valence-electron chi connectivity index (χ1n) is 9.14. The number of fused-ring (bicyclic) bond motifs is 3. The fraction of sp³-hybridized carbons (Fsp3) is 0.474. The van der Waals surface area contributed by atoms with Crippen LogP contribution >= 0.6 is 0 Å². The lowest BCUT2D eigenvalue weighted by molar-refractivity contribution is -0.128. The molecule has 0 aliphatic carbocycles. The van der Waals surface area contributed by atoms with Gasteiger partial charge >= 0.3 is 0 Å². The number of rotatable bonds is 8. The number of hydrogen-bond donors (Lipinski definition) is 1. The fourth-order valence-electron chi connectivity index (χ4n) is 3.01. The van der Waals surface area contributed by atoms with Gasteiger partial charge in [-0.3, -0.25) is 9.20 Å². The third-order valence-electron chi connectivity index (χ3n) is 4.55. The van der Waals surface area contributed by atoms with Crippen molar-refractivity contribution in [3.8, 4) is 5.75 Å². The summed E-state index contributed by atoms with van der Waals surface area (Å²) in [6.45, 7) is 2.69. The molecule has 1 amide bonds. The van der Waals surface area contributed by atoms with Gasteiger partial charge < -0.3 is 15.0 Å². The first-order valence-corrected chi connectivity index (χ1v) is 9.14. The fourth-order valence-corrected chi connectivity index (χ4v) is 3.01. The lowest BCUT2D eigenvalue weighted by atomic mass is 10.2. The molecule has 3 rings (SSSR count). The Morgan fingerprint density at radius 1 is 1.22 bits per heavy atom. The number of nitrogens with zero attached hydrogens (tertiary/aromatic N) is 5. The first-order chi connectivity index (χ1) is 13.0. The van der Waals surface area contributed by atoms with Gasteiger partial charge in [-0.1, -0.05) is 6.42 Å². The monoisotopic (exact) mass is 370 g/mol. The van der Waals surface area contributed by atoms with Crippen LogP contribution in [0.4, 0.5) is 5.82 Å². The van der Waals surface area contributed by atoms with Crippen molar-refractivity contribution < 1.29 is 9.53 Å². The lowest BCUT2D eigenvalue weighted by Gasteiger charge is -2.11. The summed E-state index contributed by atoms with van der Waals surface area (Å²) in [5.74, 6) is 2.46. The molecule has 144 valence electrons. The summed E-state index contributed by atoms with van der Waals surface area (Å²) >= 11 is 0. The number of benzene rings is 1. The minimum Gasteiger partial charge on any atom is -0.497 e. The van der Waals surface area contributed by atoms with Gasteiger partial charge in [0.25, 0.3) is 0 Å². The Balaban J connectivity index is 1.71. The van der Waals surface area contributed by atoms with Crippen molar-refractivity contribution in [2.75, 3.05) is 33.1 Å². The van der Waals surface area contributed by atoms with Crippen LogP contribution in [0.15, 0.2) is 18.2 Å². The number of unbranched alkanes of at least 4 members (excludes halogenated alkanes) is 2. The predicted octanol–water partition coefficient (Wildman–Crippen LogP) is 2.66. The van der Waals surface area contributed by atoms with Crippen LogP contribution in [0, 0.1) is 6.92 Å². The van der Waals surface area contributed by atoms with Gasteiger partial charge in [0.15, 0.2) is 5.82 Å². The molecular formula is C19H26N6O2. The minimum absolute atomic E-state index is 0.175. The maximum Gasteiger partial charge on any atom is 0.222 e. The van der Waals surface area contributed by atoms with E-state index in [0.717, 1.165) is 48.4 Å². The Labute approximate surface area is 158 Å². The number of hydrogen-bond acceptors (Lipinski definition) is 6. The SMILES string of the molecule is COc1ccc2c(c1)nc(NCCCCCC(=O)N(C)C)c1nnc(C)n12. The zero-order valence-electron chi connectivity index (χ0n) is 16.3. The molecule has 0 saturated carbocycles. The molecule has 3 aromatic rings. The van der Waals surface area contributed by atoms with E-state index in [0.29, 0.717) is 17.9 Å². The molecule has 0 saturated heterocycles. The third kappa shape index (κ3) is 4.10. The molecule has 1 N–H and O–H groups in total. The molecule has 1 aromatic carbocycles. The van der Waals surface area contributed by atoms with Crippen LogP contribution in [0.25, 0.3) is 16.7 Å². The van der Waals surface area contributed by atoms with Crippen molar-refractivity contribution >= 4 is 28.4 Å². The summed E-state index contributed by atoms with van der Waals surface area (Å²) in [6, 6.07) is 5.79. The van der Waals surface area contributed by atoms with Crippen LogP contribution in [-0.4, -0.2) is 58.1 Å². The second-order valence-corrected chi connectivity index (χ2v) is 6.75. The van der Waals surface area contributed by atoms with Gasteiger partial charge in [-0.2, -0.15) is 0 Å². The van der Waals surface area contributed by atoms with Gasteiger partial charge in [0.2, 0.25) is 11.6 Å². The van der Waals surface area contributed by atoms with E-state index in [1.807, 2.05) is 29.5 Å². The van der Waals surface area contributed by atoms with Gasteiger partial charge in [-0.25, -0.2) is 4.98 Å². The average molecular weight is 370 g/mol. The number of methoxy groups -OCH3 is 1. The van der Waals surface area contributed by atoms with Crippen molar-refractivity contribution in [2.24, 2.45) is 0 Å².